The van der Waals surface area contributed by atoms with Crippen LogP contribution in [0.1, 0.15) is 11.3 Å². The number of hydrogen-bond acceptors (Lipinski definition) is 3. The monoisotopic (exact) mass is 232 g/mol. The lowest BCUT2D eigenvalue weighted by atomic mass is 10.2. The van der Waals surface area contributed by atoms with Crippen molar-refractivity contribution in [2.75, 3.05) is 5.73 Å². The highest BCUT2D eigenvalue weighted by molar-refractivity contribution is 6.31. The molecule has 0 spiro atoms. The van der Waals surface area contributed by atoms with E-state index in [1.165, 1.54) is 0 Å². The highest BCUT2D eigenvalue weighted by atomic mass is 35.5. The molecule has 0 radical (unpaired) electrons. The van der Waals surface area contributed by atoms with Crippen molar-refractivity contribution in [1.82, 2.24) is 9.78 Å². The fourth-order valence-corrected chi connectivity index (χ4v) is 1.49. The molecule has 0 aliphatic carbocycles. The van der Waals surface area contributed by atoms with E-state index in [1.807, 2.05) is 13.0 Å². The van der Waals surface area contributed by atoms with Crippen LogP contribution in [0.2, 0.25) is 5.02 Å². The first kappa shape index (κ1) is 10.5. The van der Waals surface area contributed by atoms with Crippen molar-refractivity contribution in [3.05, 3.63) is 40.7 Å². The van der Waals surface area contributed by atoms with Gasteiger partial charge < -0.3 is 5.73 Å². The lowest BCUT2D eigenvalue weighted by Crippen LogP contribution is -1.98. The zero-order valence-electron chi connectivity index (χ0n) is 8.61. The van der Waals surface area contributed by atoms with Crippen LogP contribution in [0.3, 0.4) is 0 Å². The molecule has 4 nitrogen and oxygen atoms in total. The zero-order valence-corrected chi connectivity index (χ0v) is 9.36. The van der Waals surface area contributed by atoms with E-state index in [0.29, 0.717) is 16.3 Å². The average Bonchev–Trinajstić information content (AvgIpc) is 2.60. The van der Waals surface area contributed by atoms with Crippen LogP contribution in [0.5, 0.6) is 0 Å². The van der Waals surface area contributed by atoms with Gasteiger partial charge in [-0.25, -0.2) is 4.68 Å². The lowest BCUT2D eigenvalue weighted by molar-refractivity contribution is 0.862. The molecule has 0 saturated heterocycles. The summed E-state index contributed by atoms with van der Waals surface area (Å²) in [5.41, 5.74) is 8.04. The molecular formula is C11H9ClN4. The van der Waals surface area contributed by atoms with Crippen molar-refractivity contribution in [2.45, 2.75) is 6.92 Å². The average molecular weight is 233 g/mol. The number of benzene rings is 1. The number of hydrogen-bond donors (Lipinski definition) is 1. The van der Waals surface area contributed by atoms with Gasteiger partial charge in [0.15, 0.2) is 0 Å². The number of nitriles is 1. The SMILES string of the molecule is Cc1nn(-c2ccc(N)c(C#N)c2)cc1Cl. The van der Waals surface area contributed by atoms with Crippen LogP contribution in [0.4, 0.5) is 5.69 Å². The molecule has 2 rings (SSSR count). The van der Waals surface area contributed by atoms with Crippen molar-refractivity contribution < 1.29 is 0 Å². The molecule has 0 atom stereocenters. The number of rotatable bonds is 1. The van der Waals surface area contributed by atoms with Gasteiger partial charge in [0.2, 0.25) is 0 Å². The van der Waals surface area contributed by atoms with Gasteiger partial charge in [-0.1, -0.05) is 11.6 Å². The number of nitrogen functional groups attached to an aromatic ring is 1. The molecule has 0 saturated carbocycles. The summed E-state index contributed by atoms with van der Waals surface area (Å²) in [7, 11) is 0. The minimum Gasteiger partial charge on any atom is -0.398 e. The molecule has 0 fully saturated rings. The number of aromatic nitrogens is 2. The van der Waals surface area contributed by atoms with Crippen LogP contribution in [-0.4, -0.2) is 9.78 Å². The van der Waals surface area contributed by atoms with Gasteiger partial charge in [-0.15, -0.1) is 0 Å². The van der Waals surface area contributed by atoms with E-state index in [-0.39, 0.29) is 0 Å². The van der Waals surface area contributed by atoms with Crippen LogP contribution in [0, 0.1) is 18.3 Å². The first-order valence-corrected chi connectivity index (χ1v) is 5.01. The Hall–Kier alpha value is -1.99. The second-order valence-corrected chi connectivity index (χ2v) is 3.80. The summed E-state index contributed by atoms with van der Waals surface area (Å²) in [4.78, 5) is 0. The van der Waals surface area contributed by atoms with Gasteiger partial charge in [-0.2, -0.15) is 10.4 Å². The Morgan fingerprint density at radius 3 is 2.81 bits per heavy atom. The molecule has 5 heteroatoms. The van der Waals surface area contributed by atoms with Gasteiger partial charge >= 0.3 is 0 Å². The Morgan fingerprint density at radius 2 is 2.25 bits per heavy atom. The van der Waals surface area contributed by atoms with E-state index >= 15 is 0 Å². The highest BCUT2D eigenvalue weighted by Gasteiger charge is 2.06. The molecule has 0 bridgehead atoms. The van der Waals surface area contributed by atoms with Gasteiger partial charge in [0.25, 0.3) is 0 Å². The van der Waals surface area contributed by atoms with Crippen LogP contribution in [-0.2, 0) is 0 Å². The van der Waals surface area contributed by atoms with Crippen molar-refractivity contribution in [3.63, 3.8) is 0 Å². The topological polar surface area (TPSA) is 67.6 Å². The third-order valence-corrected chi connectivity index (χ3v) is 2.63. The van der Waals surface area contributed by atoms with Gasteiger partial charge in [0.05, 0.1) is 22.0 Å². The summed E-state index contributed by atoms with van der Waals surface area (Å²) >= 11 is 5.91. The van der Waals surface area contributed by atoms with E-state index in [0.717, 1.165) is 11.4 Å². The minimum atomic E-state index is 0.432. The molecule has 80 valence electrons. The number of aryl methyl sites for hydroxylation is 1. The van der Waals surface area contributed by atoms with Gasteiger partial charge in [-0.3, -0.25) is 0 Å². The van der Waals surface area contributed by atoms with Crippen LogP contribution < -0.4 is 5.73 Å². The van der Waals surface area contributed by atoms with E-state index in [4.69, 9.17) is 22.6 Å². The first-order valence-electron chi connectivity index (χ1n) is 4.63. The summed E-state index contributed by atoms with van der Waals surface area (Å²) in [6, 6.07) is 7.18. The van der Waals surface area contributed by atoms with E-state index in [2.05, 4.69) is 5.10 Å². The van der Waals surface area contributed by atoms with E-state index in [9.17, 15) is 0 Å². The molecule has 0 aliphatic rings. The summed E-state index contributed by atoms with van der Waals surface area (Å²) in [6.07, 6.45) is 1.70. The van der Waals surface area contributed by atoms with Crippen molar-refractivity contribution in [3.8, 4) is 11.8 Å². The summed E-state index contributed by atoms with van der Waals surface area (Å²) in [5, 5.41) is 13.7. The molecule has 0 aliphatic heterocycles. The van der Waals surface area contributed by atoms with Crippen LogP contribution in [0.15, 0.2) is 24.4 Å². The maximum atomic E-state index is 8.86. The Labute approximate surface area is 97.9 Å². The first-order chi connectivity index (χ1) is 7.61. The van der Waals surface area contributed by atoms with Crippen LogP contribution in [0.25, 0.3) is 5.69 Å². The van der Waals surface area contributed by atoms with Crippen molar-refractivity contribution in [1.29, 1.82) is 5.26 Å². The molecule has 2 aromatic rings. The highest BCUT2D eigenvalue weighted by Crippen LogP contribution is 2.19. The summed E-state index contributed by atoms with van der Waals surface area (Å²) in [5.74, 6) is 0. The molecule has 2 N–H and O–H groups in total. The predicted molar refractivity (Wildman–Crippen MR) is 62.4 cm³/mol. The third kappa shape index (κ3) is 1.73. The van der Waals surface area contributed by atoms with Gasteiger partial charge in [-0.05, 0) is 25.1 Å². The largest absolute Gasteiger partial charge is 0.398 e. The number of halogens is 1. The molecule has 1 aromatic heterocycles. The zero-order chi connectivity index (χ0) is 11.7. The Bertz CT molecular complexity index is 561. The summed E-state index contributed by atoms with van der Waals surface area (Å²) < 4.78 is 1.62. The molecule has 0 unspecified atom stereocenters. The number of nitrogens with two attached hydrogens (primary N) is 1. The Kier molecular flexibility index (Phi) is 2.55. The minimum absolute atomic E-state index is 0.432. The number of nitrogens with zero attached hydrogens (tertiary/aromatic N) is 3. The summed E-state index contributed by atoms with van der Waals surface area (Å²) in [6.45, 7) is 1.82. The van der Waals surface area contributed by atoms with Gasteiger partial charge in [0, 0.05) is 11.9 Å². The van der Waals surface area contributed by atoms with E-state index < -0.39 is 0 Å². The fraction of sp³-hybridized carbons (Fsp3) is 0.0909. The maximum absolute atomic E-state index is 8.86. The smallest absolute Gasteiger partial charge is 0.101 e. The molecule has 1 heterocycles. The standard InChI is InChI=1S/C11H9ClN4/c1-7-10(12)6-16(15-7)9-2-3-11(14)8(4-9)5-13/h2-4,6H,14H2,1H3. The second kappa shape index (κ2) is 3.87. The van der Waals surface area contributed by atoms with Gasteiger partial charge in [0.1, 0.15) is 6.07 Å². The Balaban J connectivity index is 2.53. The quantitative estimate of drug-likeness (QED) is 0.767. The lowest BCUT2D eigenvalue weighted by Gasteiger charge is -2.03. The maximum Gasteiger partial charge on any atom is 0.101 e. The van der Waals surface area contributed by atoms with Crippen LogP contribution >= 0.6 is 11.6 Å². The normalized spacial score (nSPS) is 10.1. The van der Waals surface area contributed by atoms with Crippen molar-refractivity contribution >= 4 is 17.3 Å². The molecule has 0 amide bonds. The predicted octanol–water partition coefficient (Wildman–Crippen LogP) is 2.29. The molecule has 16 heavy (non-hydrogen) atoms. The van der Waals surface area contributed by atoms with E-state index in [1.54, 1.807) is 29.1 Å². The molecule has 1 aromatic carbocycles. The fourth-order valence-electron chi connectivity index (χ4n) is 1.35. The number of anilines is 1. The van der Waals surface area contributed by atoms with Crippen molar-refractivity contribution in [2.24, 2.45) is 0 Å². The molecular weight excluding hydrogens is 224 g/mol. The third-order valence-electron chi connectivity index (χ3n) is 2.26. The second-order valence-electron chi connectivity index (χ2n) is 3.39. The Morgan fingerprint density at radius 1 is 1.50 bits per heavy atom.